The topological polar surface area (TPSA) is 65.0 Å². The highest BCUT2D eigenvalue weighted by molar-refractivity contribution is 6.31. The van der Waals surface area contributed by atoms with E-state index < -0.39 is 0 Å². The van der Waals surface area contributed by atoms with Gasteiger partial charge in [-0.2, -0.15) is 0 Å². The fourth-order valence-corrected chi connectivity index (χ4v) is 2.52. The summed E-state index contributed by atoms with van der Waals surface area (Å²) in [6, 6.07) is 6.54. The standard InChI is InChI=1S/C17H11Cl2N3O2/c18-13-3-12(17(23)2-11-1-14(19)7-20-6-11)4-15(5-13)24-16-8-21-10-22-9-16/h1,3-10H,2H2. The molecule has 5 nitrogen and oxygen atoms in total. The van der Waals surface area contributed by atoms with Gasteiger partial charge < -0.3 is 4.74 Å². The van der Waals surface area contributed by atoms with E-state index in [0.717, 1.165) is 5.56 Å². The van der Waals surface area contributed by atoms with Crippen molar-refractivity contribution >= 4 is 29.0 Å². The lowest BCUT2D eigenvalue weighted by molar-refractivity contribution is 0.0992. The Kier molecular flexibility index (Phi) is 5.03. The Hall–Kier alpha value is -2.50. The van der Waals surface area contributed by atoms with Gasteiger partial charge in [0.2, 0.25) is 0 Å². The number of nitrogens with zero attached hydrogens (tertiary/aromatic N) is 3. The number of pyridine rings is 1. The zero-order chi connectivity index (χ0) is 16.9. The molecule has 7 heteroatoms. The van der Waals surface area contributed by atoms with E-state index in [2.05, 4.69) is 15.0 Å². The predicted molar refractivity (Wildman–Crippen MR) is 90.8 cm³/mol. The van der Waals surface area contributed by atoms with Gasteiger partial charge in [0.05, 0.1) is 17.4 Å². The van der Waals surface area contributed by atoms with Crippen LogP contribution in [0.15, 0.2) is 55.4 Å². The van der Waals surface area contributed by atoms with Crippen molar-refractivity contribution in [1.29, 1.82) is 0 Å². The lowest BCUT2D eigenvalue weighted by atomic mass is 10.0. The van der Waals surface area contributed by atoms with E-state index in [-0.39, 0.29) is 12.2 Å². The summed E-state index contributed by atoms with van der Waals surface area (Å²) in [5, 5.41) is 0.886. The summed E-state index contributed by atoms with van der Waals surface area (Å²) >= 11 is 12.0. The fourth-order valence-electron chi connectivity index (χ4n) is 2.10. The second-order valence-electron chi connectivity index (χ2n) is 4.96. The average Bonchev–Trinajstić information content (AvgIpc) is 2.55. The molecule has 0 aliphatic rings. The van der Waals surface area contributed by atoms with E-state index in [1.807, 2.05) is 0 Å². The average molecular weight is 360 g/mol. The molecule has 2 heterocycles. The number of carbonyl (C=O) groups is 1. The van der Waals surface area contributed by atoms with Gasteiger partial charge in [0.25, 0.3) is 0 Å². The number of Topliss-reactive ketones (excluding diaryl/α,β-unsaturated/α-hetero) is 1. The summed E-state index contributed by atoms with van der Waals surface area (Å²) in [6.45, 7) is 0. The molecule has 0 spiro atoms. The Labute approximate surface area is 148 Å². The van der Waals surface area contributed by atoms with Crippen molar-refractivity contribution in [3.05, 3.63) is 76.6 Å². The summed E-state index contributed by atoms with van der Waals surface area (Å²) in [5.74, 6) is 0.776. The zero-order valence-electron chi connectivity index (χ0n) is 12.3. The number of hydrogen-bond acceptors (Lipinski definition) is 5. The fraction of sp³-hybridized carbons (Fsp3) is 0.0588. The molecule has 24 heavy (non-hydrogen) atoms. The third-order valence-electron chi connectivity index (χ3n) is 3.09. The van der Waals surface area contributed by atoms with Crippen molar-refractivity contribution in [2.75, 3.05) is 0 Å². The van der Waals surface area contributed by atoms with E-state index in [0.29, 0.717) is 27.1 Å². The van der Waals surface area contributed by atoms with E-state index in [9.17, 15) is 4.79 Å². The Morgan fingerprint density at radius 1 is 0.875 bits per heavy atom. The van der Waals surface area contributed by atoms with Gasteiger partial charge in [0.15, 0.2) is 11.5 Å². The molecule has 0 atom stereocenters. The molecule has 3 rings (SSSR count). The number of benzene rings is 1. The molecule has 0 radical (unpaired) electrons. The molecule has 3 aromatic rings. The van der Waals surface area contributed by atoms with Crippen molar-refractivity contribution in [3.63, 3.8) is 0 Å². The quantitative estimate of drug-likeness (QED) is 0.631. The van der Waals surface area contributed by atoms with Gasteiger partial charge in [0, 0.05) is 29.4 Å². The maximum Gasteiger partial charge on any atom is 0.167 e. The molecule has 0 aliphatic heterocycles. The van der Waals surface area contributed by atoms with Gasteiger partial charge in [-0.3, -0.25) is 9.78 Å². The maximum atomic E-state index is 12.5. The van der Waals surface area contributed by atoms with Crippen LogP contribution in [0.2, 0.25) is 10.0 Å². The number of halogens is 2. The first-order valence-electron chi connectivity index (χ1n) is 6.96. The van der Waals surface area contributed by atoms with Gasteiger partial charge >= 0.3 is 0 Å². The summed E-state index contributed by atoms with van der Waals surface area (Å²) in [7, 11) is 0. The summed E-state index contributed by atoms with van der Waals surface area (Å²) in [6.07, 6.45) is 7.73. The number of carbonyl (C=O) groups excluding carboxylic acids is 1. The normalized spacial score (nSPS) is 10.4. The first-order chi connectivity index (χ1) is 11.6. The molecule has 0 fully saturated rings. The van der Waals surface area contributed by atoms with Crippen LogP contribution in [0, 0.1) is 0 Å². The maximum absolute atomic E-state index is 12.5. The first kappa shape index (κ1) is 16.4. The number of ketones is 1. The number of rotatable bonds is 5. The highest BCUT2D eigenvalue weighted by atomic mass is 35.5. The third kappa shape index (κ3) is 4.28. The van der Waals surface area contributed by atoms with E-state index in [1.165, 1.54) is 24.9 Å². The highest BCUT2D eigenvalue weighted by Gasteiger charge is 2.11. The minimum Gasteiger partial charge on any atom is -0.454 e. The molecule has 120 valence electrons. The highest BCUT2D eigenvalue weighted by Crippen LogP contribution is 2.26. The van der Waals surface area contributed by atoms with E-state index >= 15 is 0 Å². The predicted octanol–water partition coefficient (Wildman–Crippen LogP) is 4.40. The van der Waals surface area contributed by atoms with Crippen molar-refractivity contribution in [2.45, 2.75) is 6.42 Å². The van der Waals surface area contributed by atoms with Gasteiger partial charge in [-0.25, -0.2) is 9.97 Å². The monoisotopic (exact) mass is 359 g/mol. The first-order valence-corrected chi connectivity index (χ1v) is 7.72. The summed E-state index contributed by atoms with van der Waals surface area (Å²) in [4.78, 5) is 24.2. The molecule has 0 bridgehead atoms. The van der Waals surface area contributed by atoms with Crippen molar-refractivity contribution < 1.29 is 9.53 Å². The van der Waals surface area contributed by atoms with Crippen molar-refractivity contribution in [2.24, 2.45) is 0 Å². The van der Waals surface area contributed by atoms with Crippen LogP contribution >= 0.6 is 23.2 Å². The van der Waals surface area contributed by atoms with Gasteiger partial charge in [-0.1, -0.05) is 23.2 Å². The smallest absolute Gasteiger partial charge is 0.167 e. The number of aromatic nitrogens is 3. The van der Waals surface area contributed by atoms with Crippen LogP contribution in [0.25, 0.3) is 0 Å². The van der Waals surface area contributed by atoms with Gasteiger partial charge in [0.1, 0.15) is 12.1 Å². The lowest BCUT2D eigenvalue weighted by Crippen LogP contribution is -2.04. The Bertz CT molecular complexity index is 873. The van der Waals surface area contributed by atoms with Gasteiger partial charge in [-0.05, 0) is 29.8 Å². The van der Waals surface area contributed by atoms with Crippen LogP contribution in [0.3, 0.4) is 0 Å². The Morgan fingerprint density at radius 3 is 2.42 bits per heavy atom. The minimum atomic E-state index is -0.115. The molecule has 0 unspecified atom stereocenters. The molecule has 0 N–H and O–H groups in total. The van der Waals surface area contributed by atoms with Crippen LogP contribution in [-0.2, 0) is 6.42 Å². The number of hydrogen-bond donors (Lipinski definition) is 0. The molecular weight excluding hydrogens is 349 g/mol. The molecule has 1 aromatic carbocycles. The van der Waals surface area contributed by atoms with Crippen LogP contribution in [0.5, 0.6) is 11.5 Å². The SMILES string of the molecule is O=C(Cc1cncc(Cl)c1)c1cc(Cl)cc(Oc2cncnc2)c1. The third-order valence-corrected chi connectivity index (χ3v) is 3.52. The second kappa shape index (κ2) is 7.38. The Morgan fingerprint density at radius 2 is 1.67 bits per heavy atom. The van der Waals surface area contributed by atoms with Crippen molar-refractivity contribution in [1.82, 2.24) is 15.0 Å². The molecule has 0 saturated heterocycles. The Balaban J connectivity index is 1.81. The van der Waals surface area contributed by atoms with Crippen LogP contribution in [0.1, 0.15) is 15.9 Å². The van der Waals surface area contributed by atoms with Crippen LogP contribution in [0.4, 0.5) is 0 Å². The van der Waals surface area contributed by atoms with Crippen LogP contribution < -0.4 is 4.74 Å². The van der Waals surface area contributed by atoms with E-state index in [1.54, 1.807) is 30.5 Å². The van der Waals surface area contributed by atoms with Crippen LogP contribution in [-0.4, -0.2) is 20.7 Å². The lowest BCUT2D eigenvalue weighted by Gasteiger charge is -2.08. The summed E-state index contributed by atoms with van der Waals surface area (Å²) < 4.78 is 5.62. The molecule has 0 amide bonds. The molecular formula is C17H11Cl2N3O2. The molecule has 0 saturated carbocycles. The van der Waals surface area contributed by atoms with E-state index in [4.69, 9.17) is 27.9 Å². The zero-order valence-corrected chi connectivity index (χ0v) is 13.8. The molecule has 2 aromatic heterocycles. The molecule has 0 aliphatic carbocycles. The minimum absolute atomic E-state index is 0.115. The number of ether oxygens (including phenoxy) is 1. The van der Waals surface area contributed by atoms with Crippen molar-refractivity contribution in [3.8, 4) is 11.5 Å². The second-order valence-corrected chi connectivity index (χ2v) is 5.84. The summed E-state index contributed by atoms with van der Waals surface area (Å²) in [5.41, 5.74) is 1.17. The van der Waals surface area contributed by atoms with Gasteiger partial charge in [-0.15, -0.1) is 0 Å². The largest absolute Gasteiger partial charge is 0.454 e.